The molecule has 2 aromatic rings. The van der Waals surface area contributed by atoms with Crippen molar-refractivity contribution in [3.05, 3.63) is 59.7 Å². The Morgan fingerprint density at radius 3 is 2.50 bits per heavy atom. The molecular weight excluding hydrogens is 414 g/mol. The molecule has 3 rings (SSSR count). The van der Waals surface area contributed by atoms with Crippen LogP contribution in [-0.2, 0) is 16.1 Å². The quantitative estimate of drug-likeness (QED) is 0.484. The number of urea groups is 1. The molecule has 1 fully saturated rings. The Labute approximate surface area is 186 Å². The Kier molecular flexibility index (Phi) is 7.67. The highest BCUT2D eigenvalue weighted by atomic mass is 16.5. The Balaban J connectivity index is 1.56. The van der Waals surface area contributed by atoms with Crippen molar-refractivity contribution in [2.45, 2.75) is 31.5 Å². The second-order valence-electron chi connectivity index (χ2n) is 7.37. The summed E-state index contributed by atoms with van der Waals surface area (Å²) in [5.41, 5.74) is 1.49. The van der Waals surface area contributed by atoms with Crippen LogP contribution in [0.1, 0.15) is 30.0 Å². The summed E-state index contributed by atoms with van der Waals surface area (Å²) in [5.74, 6) is 0.351. The fourth-order valence-electron chi connectivity index (χ4n) is 3.55. The molecule has 3 N–H and O–H groups in total. The zero-order chi connectivity index (χ0) is 23.1. The number of ether oxygens (including phenoxy) is 2. The minimum Gasteiger partial charge on any atom is -0.493 e. The van der Waals surface area contributed by atoms with Crippen LogP contribution in [0.4, 0.5) is 4.79 Å². The lowest BCUT2D eigenvalue weighted by atomic mass is 10.1. The third kappa shape index (κ3) is 5.36. The molecule has 2 atom stereocenters. The average Bonchev–Trinajstić information content (AvgIpc) is 3.09. The molecule has 170 valence electrons. The summed E-state index contributed by atoms with van der Waals surface area (Å²) >= 11 is 0. The summed E-state index contributed by atoms with van der Waals surface area (Å²) in [5, 5.41) is 15.0. The van der Waals surface area contributed by atoms with E-state index in [0.29, 0.717) is 17.1 Å². The van der Waals surface area contributed by atoms with Crippen LogP contribution in [0.15, 0.2) is 48.5 Å². The van der Waals surface area contributed by atoms with Gasteiger partial charge in [0.2, 0.25) is 5.91 Å². The molecule has 0 bridgehead atoms. The number of methoxy groups -OCH3 is 2. The maximum absolute atomic E-state index is 12.7. The summed E-state index contributed by atoms with van der Waals surface area (Å²) in [6, 6.07) is 12.5. The number of nitrogens with zero attached hydrogens (tertiary/aromatic N) is 1. The maximum atomic E-state index is 12.7. The fraction of sp³-hybridized carbons (Fsp3) is 0.348. The van der Waals surface area contributed by atoms with E-state index in [2.05, 4.69) is 10.6 Å². The molecule has 1 saturated heterocycles. The van der Waals surface area contributed by atoms with Gasteiger partial charge in [0.1, 0.15) is 6.04 Å². The summed E-state index contributed by atoms with van der Waals surface area (Å²) in [6.07, 6.45) is 0.190. The standard InChI is InChI=1S/C23H27N3O6/c1-31-19-10-8-15(12-20(19)32-2)13-26-22(29)17(25-23(26)30)9-11-21(28)24-18(14-27)16-6-4-3-5-7-16/h3-8,10,12,17-18,27H,9,11,13-14H2,1-2H3,(H,24,28)(H,25,30)/t17-,18+/m0/s1. The second-order valence-corrected chi connectivity index (χ2v) is 7.37. The van der Waals surface area contributed by atoms with Gasteiger partial charge in [-0.15, -0.1) is 0 Å². The van der Waals surface area contributed by atoms with Crippen molar-refractivity contribution in [3.8, 4) is 11.5 Å². The van der Waals surface area contributed by atoms with Gasteiger partial charge < -0.3 is 25.2 Å². The smallest absolute Gasteiger partial charge is 0.325 e. The fourth-order valence-corrected chi connectivity index (χ4v) is 3.55. The number of aliphatic hydroxyl groups is 1. The zero-order valence-electron chi connectivity index (χ0n) is 18.0. The highest BCUT2D eigenvalue weighted by Crippen LogP contribution is 2.28. The van der Waals surface area contributed by atoms with E-state index in [1.807, 2.05) is 30.3 Å². The number of amides is 4. The molecular formula is C23H27N3O6. The van der Waals surface area contributed by atoms with Crippen LogP contribution in [0.25, 0.3) is 0 Å². The van der Waals surface area contributed by atoms with Gasteiger partial charge in [0, 0.05) is 6.42 Å². The molecule has 0 aliphatic carbocycles. The van der Waals surface area contributed by atoms with Crippen LogP contribution >= 0.6 is 0 Å². The number of nitrogens with one attached hydrogen (secondary N) is 2. The highest BCUT2D eigenvalue weighted by Gasteiger charge is 2.38. The third-order valence-electron chi connectivity index (χ3n) is 5.28. The number of rotatable bonds is 10. The van der Waals surface area contributed by atoms with Crippen molar-refractivity contribution in [3.63, 3.8) is 0 Å². The molecule has 2 aromatic carbocycles. The average molecular weight is 441 g/mol. The summed E-state index contributed by atoms with van der Waals surface area (Å²) < 4.78 is 10.5. The molecule has 9 nitrogen and oxygen atoms in total. The number of hydrogen-bond donors (Lipinski definition) is 3. The number of imide groups is 1. The molecule has 0 saturated carbocycles. The highest BCUT2D eigenvalue weighted by molar-refractivity contribution is 6.04. The van der Waals surface area contributed by atoms with Crippen LogP contribution in [0.2, 0.25) is 0 Å². The number of benzene rings is 2. The number of carbonyl (C=O) groups is 3. The number of aliphatic hydroxyl groups excluding tert-OH is 1. The van der Waals surface area contributed by atoms with Crippen molar-refractivity contribution in [2.75, 3.05) is 20.8 Å². The van der Waals surface area contributed by atoms with E-state index in [1.165, 1.54) is 14.2 Å². The molecule has 4 amide bonds. The predicted molar refractivity (Wildman–Crippen MR) is 116 cm³/mol. The first-order chi connectivity index (χ1) is 15.5. The van der Waals surface area contributed by atoms with Crippen LogP contribution in [0.3, 0.4) is 0 Å². The Hall–Kier alpha value is -3.59. The number of carbonyl (C=O) groups excluding carboxylic acids is 3. The number of hydrogen-bond acceptors (Lipinski definition) is 6. The Morgan fingerprint density at radius 2 is 1.84 bits per heavy atom. The molecule has 0 spiro atoms. The van der Waals surface area contributed by atoms with Crippen LogP contribution in [0.5, 0.6) is 11.5 Å². The first-order valence-corrected chi connectivity index (χ1v) is 10.2. The van der Waals surface area contributed by atoms with E-state index >= 15 is 0 Å². The Bertz CT molecular complexity index is 965. The summed E-state index contributed by atoms with van der Waals surface area (Å²) in [4.78, 5) is 38.5. The van der Waals surface area contributed by atoms with Gasteiger partial charge in [-0.1, -0.05) is 36.4 Å². The molecule has 0 aromatic heterocycles. The largest absolute Gasteiger partial charge is 0.493 e. The predicted octanol–water partition coefficient (Wildman–Crippen LogP) is 1.75. The van der Waals surface area contributed by atoms with E-state index in [-0.39, 0.29) is 37.8 Å². The van der Waals surface area contributed by atoms with Crippen molar-refractivity contribution >= 4 is 17.8 Å². The van der Waals surface area contributed by atoms with E-state index in [1.54, 1.807) is 18.2 Å². The van der Waals surface area contributed by atoms with E-state index < -0.39 is 18.1 Å². The second kappa shape index (κ2) is 10.6. The molecule has 1 aliphatic rings. The zero-order valence-corrected chi connectivity index (χ0v) is 18.0. The molecule has 0 unspecified atom stereocenters. The third-order valence-corrected chi connectivity index (χ3v) is 5.28. The summed E-state index contributed by atoms with van der Waals surface area (Å²) in [7, 11) is 3.04. The molecule has 1 aliphatic heterocycles. The normalized spacial score (nSPS) is 16.5. The van der Waals surface area contributed by atoms with Gasteiger partial charge in [0.15, 0.2) is 11.5 Å². The molecule has 0 radical (unpaired) electrons. The van der Waals surface area contributed by atoms with Crippen molar-refractivity contribution in [1.82, 2.24) is 15.5 Å². The monoisotopic (exact) mass is 441 g/mol. The van der Waals surface area contributed by atoms with Gasteiger partial charge in [0.05, 0.1) is 33.4 Å². The topological polar surface area (TPSA) is 117 Å². The lowest BCUT2D eigenvalue weighted by Crippen LogP contribution is -2.34. The first-order valence-electron chi connectivity index (χ1n) is 10.2. The summed E-state index contributed by atoms with van der Waals surface area (Å²) in [6.45, 7) is -0.164. The van der Waals surface area contributed by atoms with E-state index in [4.69, 9.17) is 9.47 Å². The lowest BCUT2D eigenvalue weighted by Gasteiger charge is -2.17. The van der Waals surface area contributed by atoms with Crippen molar-refractivity contribution in [2.24, 2.45) is 0 Å². The van der Waals surface area contributed by atoms with Gasteiger partial charge in [-0.05, 0) is 29.7 Å². The molecule has 9 heteroatoms. The van der Waals surface area contributed by atoms with E-state index in [9.17, 15) is 19.5 Å². The minimum atomic E-state index is -0.780. The SMILES string of the molecule is COc1ccc(CN2C(=O)N[C@@H](CCC(=O)N[C@H](CO)c3ccccc3)C2=O)cc1OC. The van der Waals surface area contributed by atoms with E-state index in [0.717, 1.165) is 10.5 Å². The molecule has 32 heavy (non-hydrogen) atoms. The van der Waals surface area contributed by atoms with Crippen molar-refractivity contribution < 1.29 is 29.0 Å². The lowest BCUT2D eigenvalue weighted by molar-refractivity contribution is -0.128. The van der Waals surface area contributed by atoms with Gasteiger partial charge in [0.25, 0.3) is 5.91 Å². The van der Waals surface area contributed by atoms with Gasteiger partial charge in [-0.25, -0.2) is 4.79 Å². The van der Waals surface area contributed by atoms with Crippen LogP contribution in [-0.4, -0.2) is 54.7 Å². The van der Waals surface area contributed by atoms with Gasteiger partial charge in [-0.2, -0.15) is 0 Å². The van der Waals surface area contributed by atoms with Gasteiger partial charge >= 0.3 is 6.03 Å². The molecule has 1 heterocycles. The van der Waals surface area contributed by atoms with Crippen LogP contribution in [0, 0.1) is 0 Å². The van der Waals surface area contributed by atoms with Crippen molar-refractivity contribution in [1.29, 1.82) is 0 Å². The minimum absolute atomic E-state index is 0.0320. The van der Waals surface area contributed by atoms with Crippen LogP contribution < -0.4 is 20.1 Å². The maximum Gasteiger partial charge on any atom is 0.325 e. The first kappa shape index (κ1) is 23.1. The van der Waals surface area contributed by atoms with Gasteiger partial charge in [-0.3, -0.25) is 14.5 Å². The Morgan fingerprint density at radius 1 is 1.12 bits per heavy atom.